The highest BCUT2D eigenvalue weighted by atomic mass is 16.5. The minimum absolute atomic E-state index is 0.0660. The van der Waals surface area contributed by atoms with Gasteiger partial charge in [-0.2, -0.15) is 0 Å². The highest BCUT2D eigenvalue weighted by molar-refractivity contribution is 5.69. The van der Waals surface area contributed by atoms with E-state index < -0.39 is 0 Å². The number of fused-ring (bicyclic) bond motifs is 1. The number of carbonyl (C=O) groups is 1. The second kappa shape index (κ2) is 7.93. The van der Waals surface area contributed by atoms with Gasteiger partial charge in [0.05, 0.1) is 25.7 Å². The Morgan fingerprint density at radius 3 is 2.83 bits per heavy atom. The Bertz CT molecular complexity index is 525. The van der Waals surface area contributed by atoms with Crippen molar-refractivity contribution < 1.29 is 14.3 Å². The van der Waals surface area contributed by atoms with E-state index in [9.17, 15) is 4.79 Å². The van der Waals surface area contributed by atoms with E-state index in [1.54, 1.807) is 0 Å². The number of hydrogen-bond donors (Lipinski definition) is 0. The monoisotopic (exact) mass is 317 g/mol. The van der Waals surface area contributed by atoms with Crippen molar-refractivity contribution in [2.24, 2.45) is 0 Å². The molecule has 1 saturated heterocycles. The molecule has 0 unspecified atom stereocenters. The van der Waals surface area contributed by atoms with Gasteiger partial charge in [0, 0.05) is 6.54 Å². The number of nitrogens with zero attached hydrogens (tertiary/aromatic N) is 1. The molecule has 0 bridgehead atoms. The smallest absolute Gasteiger partial charge is 0.308 e. The molecular weight excluding hydrogens is 290 g/mol. The molecule has 0 aromatic heterocycles. The minimum Gasteiger partial charge on any atom is -0.469 e. The van der Waals surface area contributed by atoms with Crippen molar-refractivity contribution >= 4 is 5.97 Å². The summed E-state index contributed by atoms with van der Waals surface area (Å²) in [5.41, 5.74) is 2.61. The summed E-state index contributed by atoms with van der Waals surface area (Å²) < 4.78 is 11.1. The Labute approximate surface area is 138 Å². The topological polar surface area (TPSA) is 38.8 Å². The van der Waals surface area contributed by atoms with Crippen molar-refractivity contribution in [3.63, 3.8) is 0 Å². The molecule has 0 N–H and O–H groups in total. The molecule has 0 radical (unpaired) electrons. The van der Waals surface area contributed by atoms with Crippen LogP contribution >= 0.6 is 0 Å². The molecule has 3 rings (SSSR count). The lowest BCUT2D eigenvalue weighted by molar-refractivity contribution is -0.145. The number of hydrogen-bond acceptors (Lipinski definition) is 4. The van der Waals surface area contributed by atoms with Gasteiger partial charge in [-0.05, 0) is 49.9 Å². The summed E-state index contributed by atoms with van der Waals surface area (Å²) in [6, 6.07) is 8.48. The van der Waals surface area contributed by atoms with Gasteiger partial charge >= 0.3 is 5.97 Å². The Kier molecular flexibility index (Phi) is 5.68. The number of methoxy groups -OCH3 is 1. The van der Waals surface area contributed by atoms with E-state index in [-0.39, 0.29) is 18.2 Å². The largest absolute Gasteiger partial charge is 0.469 e. The maximum absolute atomic E-state index is 11.6. The van der Waals surface area contributed by atoms with Crippen molar-refractivity contribution in [2.45, 2.75) is 50.7 Å². The quantitative estimate of drug-likeness (QED) is 0.782. The van der Waals surface area contributed by atoms with Crippen LogP contribution in [0.5, 0.6) is 0 Å². The lowest BCUT2D eigenvalue weighted by Crippen LogP contribution is -2.34. The molecule has 1 aromatic carbocycles. The van der Waals surface area contributed by atoms with Crippen LogP contribution in [0.25, 0.3) is 0 Å². The predicted octanol–water partition coefficient (Wildman–Crippen LogP) is 3.11. The molecule has 1 aromatic rings. The standard InChI is InChI=1S/C19H27NO3/c1-22-19(21)14-16-13-15-7-3-4-8-17(15)18(23-16)9-12-20-10-5-2-6-11-20/h3-4,7-8,16,18H,2,5-6,9-14H2,1H3/t16-,18-/m1/s1. The van der Waals surface area contributed by atoms with Gasteiger partial charge in [-0.25, -0.2) is 0 Å². The Hall–Kier alpha value is -1.39. The third kappa shape index (κ3) is 4.33. The van der Waals surface area contributed by atoms with Gasteiger partial charge < -0.3 is 14.4 Å². The molecule has 2 aliphatic heterocycles. The third-order valence-electron chi connectivity index (χ3n) is 4.98. The Morgan fingerprint density at radius 1 is 1.26 bits per heavy atom. The number of likely N-dealkylation sites (tertiary alicyclic amines) is 1. The molecule has 2 aliphatic rings. The van der Waals surface area contributed by atoms with E-state index >= 15 is 0 Å². The SMILES string of the molecule is COC(=O)C[C@H]1Cc2ccccc2[C@@H](CCN2CCCCC2)O1. The van der Waals surface area contributed by atoms with Gasteiger partial charge in [0.15, 0.2) is 0 Å². The van der Waals surface area contributed by atoms with E-state index in [4.69, 9.17) is 9.47 Å². The number of rotatable bonds is 5. The highest BCUT2D eigenvalue weighted by Crippen LogP contribution is 2.34. The summed E-state index contributed by atoms with van der Waals surface area (Å²) in [5, 5.41) is 0. The summed E-state index contributed by atoms with van der Waals surface area (Å²) in [6.07, 6.45) is 6.14. The van der Waals surface area contributed by atoms with Gasteiger partial charge in [-0.3, -0.25) is 4.79 Å². The van der Waals surface area contributed by atoms with Crippen LogP contribution in [0.2, 0.25) is 0 Å². The second-order valence-corrected chi connectivity index (χ2v) is 6.62. The van der Waals surface area contributed by atoms with E-state index in [1.165, 1.54) is 50.6 Å². The number of ether oxygens (including phenoxy) is 2. The molecule has 0 aliphatic carbocycles. The van der Waals surface area contributed by atoms with Crippen LogP contribution in [-0.4, -0.2) is 43.7 Å². The molecule has 0 amide bonds. The van der Waals surface area contributed by atoms with Crippen LogP contribution in [0.3, 0.4) is 0 Å². The first kappa shape index (κ1) is 16.5. The molecular formula is C19H27NO3. The van der Waals surface area contributed by atoms with Crippen molar-refractivity contribution in [1.82, 2.24) is 4.90 Å². The van der Waals surface area contributed by atoms with Crippen molar-refractivity contribution in [2.75, 3.05) is 26.7 Å². The summed E-state index contributed by atoms with van der Waals surface area (Å²) in [7, 11) is 1.44. The molecule has 1 fully saturated rings. The van der Waals surface area contributed by atoms with Crippen LogP contribution in [0, 0.1) is 0 Å². The maximum Gasteiger partial charge on any atom is 0.308 e. The fraction of sp³-hybridized carbons (Fsp3) is 0.632. The first-order valence-electron chi connectivity index (χ1n) is 8.78. The predicted molar refractivity (Wildman–Crippen MR) is 89.3 cm³/mol. The van der Waals surface area contributed by atoms with Crippen molar-refractivity contribution in [1.29, 1.82) is 0 Å². The fourth-order valence-electron chi connectivity index (χ4n) is 3.73. The molecule has 4 nitrogen and oxygen atoms in total. The molecule has 0 saturated carbocycles. The molecule has 2 atom stereocenters. The van der Waals surface area contributed by atoms with Crippen molar-refractivity contribution in [3.8, 4) is 0 Å². The van der Waals surface area contributed by atoms with Crippen LogP contribution in [-0.2, 0) is 20.7 Å². The molecule has 126 valence electrons. The van der Waals surface area contributed by atoms with Crippen LogP contribution in [0.15, 0.2) is 24.3 Å². The van der Waals surface area contributed by atoms with Gasteiger partial charge in [-0.15, -0.1) is 0 Å². The minimum atomic E-state index is -0.191. The zero-order valence-corrected chi connectivity index (χ0v) is 14.0. The van der Waals surface area contributed by atoms with E-state index in [0.29, 0.717) is 6.42 Å². The zero-order chi connectivity index (χ0) is 16.1. The fourth-order valence-corrected chi connectivity index (χ4v) is 3.73. The summed E-state index contributed by atoms with van der Waals surface area (Å²) in [6.45, 7) is 3.49. The first-order chi connectivity index (χ1) is 11.3. The lowest BCUT2D eigenvalue weighted by Gasteiger charge is -2.34. The lowest BCUT2D eigenvalue weighted by atomic mass is 9.91. The van der Waals surface area contributed by atoms with Gasteiger partial charge in [0.2, 0.25) is 0 Å². The second-order valence-electron chi connectivity index (χ2n) is 6.62. The summed E-state index contributed by atoms with van der Waals surface area (Å²) in [4.78, 5) is 14.1. The number of esters is 1. The van der Waals surface area contributed by atoms with E-state index in [0.717, 1.165) is 19.4 Å². The molecule has 0 spiro atoms. The van der Waals surface area contributed by atoms with Crippen LogP contribution in [0.1, 0.15) is 49.3 Å². The third-order valence-corrected chi connectivity index (χ3v) is 4.98. The van der Waals surface area contributed by atoms with Gasteiger partial charge in [0.25, 0.3) is 0 Å². The van der Waals surface area contributed by atoms with Crippen molar-refractivity contribution in [3.05, 3.63) is 35.4 Å². The summed E-state index contributed by atoms with van der Waals surface area (Å²) in [5.74, 6) is -0.191. The zero-order valence-electron chi connectivity index (χ0n) is 14.0. The maximum atomic E-state index is 11.6. The first-order valence-corrected chi connectivity index (χ1v) is 8.78. The Morgan fingerprint density at radius 2 is 2.04 bits per heavy atom. The number of piperidine rings is 1. The Balaban J connectivity index is 1.65. The summed E-state index contributed by atoms with van der Waals surface area (Å²) >= 11 is 0. The van der Waals surface area contributed by atoms with Crippen LogP contribution in [0.4, 0.5) is 0 Å². The van der Waals surface area contributed by atoms with Crippen LogP contribution < -0.4 is 0 Å². The normalized spacial score (nSPS) is 24.9. The molecule has 23 heavy (non-hydrogen) atoms. The van der Waals surface area contributed by atoms with E-state index in [2.05, 4.69) is 29.2 Å². The average Bonchev–Trinajstić information content (AvgIpc) is 2.60. The number of carbonyl (C=O) groups excluding carboxylic acids is 1. The highest BCUT2D eigenvalue weighted by Gasteiger charge is 2.29. The molecule has 4 heteroatoms. The average molecular weight is 317 g/mol. The molecule has 2 heterocycles. The van der Waals surface area contributed by atoms with E-state index in [1.807, 2.05) is 0 Å². The van der Waals surface area contributed by atoms with Gasteiger partial charge in [0.1, 0.15) is 0 Å². The number of benzene rings is 1. The van der Waals surface area contributed by atoms with Gasteiger partial charge in [-0.1, -0.05) is 30.7 Å².